The fraction of sp³-hybridized carbons (Fsp3) is 0.800. The summed E-state index contributed by atoms with van der Waals surface area (Å²) in [6.07, 6.45) is -2.96. The van der Waals surface area contributed by atoms with E-state index in [1.54, 1.807) is 0 Å². The van der Waals surface area contributed by atoms with E-state index in [-0.39, 0.29) is 0 Å². The van der Waals surface area contributed by atoms with E-state index in [0.29, 0.717) is 9.80 Å². The van der Waals surface area contributed by atoms with E-state index in [2.05, 4.69) is 10.4 Å². The first-order valence-electron chi connectivity index (χ1n) is 3.65. The maximum absolute atomic E-state index is 11.2. The molecule has 78 valence electrons. The lowest BCUT2D eigenvalue weighted by molar-refractivity contribution is 0.0255. The predicted octanol–water partition coefficient (Wildman–Crippen LogP) is -1.19. The lowest BCUT2D eigenvalue weighted by atomic mass is 10.4. The molecule has 1 fully saturated rings. The molecule has 2 atom stereocenters. The van der Waals surface area contributed by atoms with Crippen LogP contribution in [0.25, 0.3) is 0 Å². The molecule has 0 aromatic rings. The minimum absolute atomic E-state index is 0.595. The number of rotatable bonds is 4. The van der Waals surface area contributed by atoms with Crippen molar-refractivity contribution in [1.82, 2.24) is 9.80 Å². The van der Waals surface area contributed by atoms with Crippen LogP contribution in [0.4, 0.5) is 4.79 Å². The third-order valence-electron chi connectivity index (χ3n) is 1.87. The Bertz CT molecular complexity index is 259. The lowest BCUT2D eigenvalue weighted by Gasteiger charge is -2.14. The average Bonchev–Trinajstić information content (AvgIpc) is 2.41. The van der Waals surface area contributed by atoms with Crippen LogP contribution in [0, 0.1) is 9.81 Å². The van der Waals surface area contributed by atoms with Gasteiger partial charge in [0.25, 0.3) is 0 Å². The minimum atomic E-state index is -1.55. The van der Waals surface area contributed by atoms with E-state index >= 15 is 0 Å². The third kappa shape index (κ3) is 1.42. The first-order valence-corrected chi connectivity index (χ1v) is 3.65. The molecule has 1 heterocycles. The van der Waals surface area contributed by atoms with Crippen molar-refractivity contribution in [1.29, 1.82) is 0 Å². The Morgan fingerprint density at radius 1 is 1.36 bits per heavy atom. The van der Waals surface area contributed by atoms with Crippen molar-refractivity contribution < 1.29 is 15.0 Å². The van der Waals surface area contributed by atoms with Crippen molar-refractivity contribution in [2.75, 3.05) is 13.4 Å². The zero-order chi connectivity index (χ0) is 10.7. The van der Waals surface area contributed by atoms with Crippen LogP contribution in [0.15, 0.2) is 10.4 Å². The first-order chi connectivity index (χ1) is 6.67. The summed E-state index contributed by atoms with van der Waals surface area (Å²) in [5.41, 5.74) is 0. The Kier molecular flexibility index (Phi) is 3.04. The van der Waals surface area contributed by atoms with Gasteiger partial charge in [-0.05, 0) is 10.4 Å². The monoisotopic (exact) mass is 204 g/mol. The molecule has 9 heteroatoms. The Morgan fingerprint density at radius 2 is 2.00 bits per heavy atom. The molecule has 1 rings (SSSR count). The standard InChI is InChI=1S/C5H8N4O5/c10-2-9-3(7-14)4(11)8(1-6-13)5(9)12/h3-4,10-11H,1-2H2. The molecule has 0 saturated carbocycles. The van der Waals surface area contributed by atoms with Crippen LogP contribution >= 0.6 is 0 Å². The summed E-state index contributed by atoms with van der Waals surface area (Å²) in [5, 5.41) is 22.9. The summed E-state index contributed by atoms with van der Waals surface area (Å²) in [5.74, 6) is 0. The van der Waals surface area contributed by atoms with Gasteiger partial charge in [-0.3, -0.25) is 9.80 Å². The number of carbonyl (C=O) groups is 1. The number of urea groups is 1. The molecule has 0 aromatic heterocycles. The summed E-state index contributed by atoms with van der Waals surface area (Å²) >= 11 is 0. The van der Waals surface area contributed by atoms with Crippen LogP contribution < -0.4 is 0 Å². The summed E-state index contributed by atoms with van der Waals surface area (Å²) in [6, 6.07) is -0.857. The Labute approximate surface area is 77.9 Å². The molecule has 9 nitrogen and oxygen atoms in total. The van der Waals surface area contributed by atoms with Crippen molar-refractivity contribution in [3.63, 3.8) is 0 Å². The Hall–Kier alpha value is -1.61. The van der Waals surface area contributed by atoms with Gasteiger partial charge in [0.15, 0.2) is 12.9 Å². The van der Waals surface area contributed by atoms with Crippen molar-refractivity contribution in [3.05, 3.63) is 9.81 Å². The number of hydrogen-bond acceptors (Lipinski definition) is 7. The van der Waals surface area contributed by atoms with Gasteiger partial charge in [-0.15, -0.1) is 9.81 Å². The van der Waals surface area contributed by atoms with Gasteiger partial charge in [0.05, 0.1) is 0 Å². The van der Waals surface area contributed by atoms with E-state index in [0.717, 1.165) is 0 Å². The number of hydrogen-bond donors (Lipinski definition) is 2. The van der Waals surface area contributed by atoms with E-state index < -0.39 is 31.8 Å². The smallest absolute Gasteiger partial charge is 0.327 e. The molecule has 0 radical (unpaired) electrons. The zero-order valence-corrected chi connectivity index (χ0v) is 6.98. The Morgan fingerprint density at radius 3 is 2.36 bits per heavy atom. The number of amides is 2. The maximum Gasteiger partial charge on any atom is 0.327 e. The van der Waals surface area contributed by atoms with Crippen molar-refractivity contribution in [3.8, 4) is 0 Å². The lowest BCUT2D eigenvalue weighted by Crippen LogP contribution is -2.35. The average molecular weight is 204 g/mol. The van der Waals surface area contributed by atoms with Gasteiger partial charge in [0.2, 0.25) is 6.17 Å². The van der Waals surface area contributed by atoms with E-state index in [9.17, 15) is 19.7 Å². The molecule has 1 aliphatic heterocycles. The van der Waals surface area contributed by atoms with E-state index in [1.165, 1.54) is 0 Å². The molecule has 0 bridgehead atoms. The second-order valence-corrected chi connectivity index (χ2v) is 2.57. The molecular formula is C5H8N4O5. The molecule has 2 amide bonds. The van der Waals surface area contributed by atoms with Gasteiger partial charge < -0.3 is 10.2 Å². The van der Waals surface area contributed by atoms with Gasteiger partial charge >= 0.3 is 6.03 Å². The van der Waals surface area contributed by atoms with Crippen LogP contribution in [0.1, 0.15) is 0 Å². The predicted molar refractivity (Wildman–Crippen MR) is 42.4 cm³/mol. The zero-order valence-electron chi connectivity index (χ0n) is 6.98. The quantitative estimate of drug-likeness (QED) is 0.557. The normalized spacial score (nSPS) is 26.9. The number of aliphatic hydroxyl groups is 2. The minimum Gasteiger partial charge on any atom is -0.376 e. The maximum atomic E-state index is 11.2. The van der Waals surface area contributed by atoms with Crippen LogP contribution in [-0.2, 0) is 0 Å². The van der Waals surface area contributed by atoms with Crippen LogP contribution in [0.2, 0.25) is 0 Å². The molecule has 0 aromatic carbocycles. The number of carbonyl (C=O) groups excluding carboxylic acids is 1. The topological polar surface area (TPSA) is 123 Å². The second-order valence-electron chi connectivity index (χ2n) is 2.57. The Balaban J connectivity index is 2.87. The molecule has 1 saturated heterocycles. The highest BCUT2D eigenvalue weighted by atomic mass is 16.3. The first kappa shape index (κ1) is 10.5. The fourth-order valence-electron chi connectivity index (χ4n) is 1.18. The van der Waals surface area contributed by atoms with Gasteiger partial charge in [0, 0.05) is 0 Å². The van der Waals surface area contributed by atoms with Crippen LogP contribution in [0.5, 0.6) is 0 Å². The summed E-state index contributed by atoms with van der Waals surface area (Å²) in [7, 11) is 0. The molecule has 0 aliphatic carbocycles. The third-order valence-corrected chi connectivity index (χ3v) is 1.87. The second kappa shape index (κ2) is 4.07. The molecular weight excluding hydrogens is 196 g/mol. The van der Waals surface area contributed by atoms with Gasteiger partial charge in [-0.2, -0.15) is 0 Å². The van der Waals surface area contributed by atoms with Gasteiger partial charge in [-0.25, -0.2) is 4.79 Å². The summed E-state index contributed by atoms with van der Waals surface area (Å²) in [6.45, 7) is -1.36. The fourth-order valence-corrected chi connectivity index (χ4v) is 1.18. The highest BCUT2D eigenvalue weighted by Crippen LogP contribution is 2.21. The van der Waals surface area contributed by atoms with Crippen molar-refractivity contribution in [2.45, 2.75) is 12.4 Å². The largest absolute Gasteiger partial charge is 0.376 e. The molecule has 0 spiro atoms. The molecule has 2 unspecified atom stereocenters. The van der Waals surface area contributed by atoms with E-state index in [4.69, 9.17) is 5.11 Å². The number of nitrogens with zero attached hydrogens (tertiary/aromatic N) is 4. The van der Waals surface area contributed by atoms with Crippen molar-refractivity contribution >= 4 is 6.03 Å². The molecule has 1 aliphatic rings. The number of aliphatic hydroxyl groups excluding tert-OH is 2. The van der Waals surface area contributed by atoms with Crippen LogP contribution in [-0.4, -0.2) is 51.8 Å². The van der Waals surface area contributed by atoms with Gasteiger partial charge in [-0.1, -0.05) is 0 Å². The summed E-state index contributed by atoms with van der Waals surface area (Å²) < 4.78 is 0. The highest BCUT2D eigenvalue weighted by molar-refractivity contribution is 5.77. The van der Waals surface area contributed by atoms with E-state index in [1.807, 2.05) is 0 Å². The highest BCUT2D eigenvalue weighted by Gasteiger charge is 2.46. The van der Waals surface area contributed by atoms with Crippen molar-refractivity contribution in [2.24, 2.45) is 10.4 Å². The summed E-state index contributed by atoms with van der Waals surface area (Å²) in [4.78, 5) is 32.6. The van der Waals surface area contributed by atoms with Crippen LogP contribution in [0.3, 0.4) is 0 Å². The molecule has 14 heavy (non-hydrogen) atoms. The van der Waals surface area contributed by atoms with Gasteiger partial charge in [0.1, 0.15) is 6.73 Å². The SMILES string of the molecule is O=NCN1C(=O)N(CO)C(N=O)C1O. The molecule has 2 N–H and O–H groups in total. The number of nitroso groups, excluding NO2 is 2.